The third kappa shape index (κ3) is 3.72. The number of furan rings is 1. The van der Waals surface area contributed by atoms with Crippen LogP contribution in [-0.4, -0.2) is 61.7 Å². The maximum absolute atomic E-state index is 13.2. The molecule has 2 aliphatic heterocycles. The van der Waals surface area contributed by atoms with E-state index in [1.807, 2.05) is 0 Å². The lowest BCUT2D eigenvalue weighted by atomic mass is 10.1. The van der Waals surface area contributed by atoms with Gasteiger partial charge in [0.15, 0.2) is 16.5 Å². The molecule has 0 spiro atoms. The summed E-state index contributed by atoms with van der Waals surface area (Å²) >= 11 is 3.17. The normalized spacial score (nSPS) is 19.8. The Kier molecular flexibility index (Phi) is 5.37. The third-order valence-corrected chi connectivity index (χ3v) is 7.60. The minimum atomic E-state index is -3.80. The summed E-state index contributed by atoms with van der Waals surface area (Å²) in [5.41, 5.74) is 0.959. The van der Waals surface area contributed by atoms with Crippen molar-refractivity contribution in [1.29, 1.82) is 0 Å². The van der Waals surface area contributed by atoms with Crippen molar-refractivity contribution in [1.82, 2.24) is 9.21 Å². The second kappa shape index (κ2) is 7.71. The first-order chi connectivity index (χ1) is 14.2. The number of ether oxygens (including phenoxy) is 1. The average Bonchev–Trinajstić information content (AvgIpc) is 3.14. The van der Waals surface area contributed by atoms with Crippen molar-refractivity contribution >= 4 is 43.5 Å². The number of sulfonamides is 1. The number of carbonyl (C=O) groups excluding carboxylic acids is 2. The molecule has 0 bridgehead atoms. The van der Waals surface area contributed by atoms with Gasteiger partial charge in [0.1, 0.15) is 5.75 Å². The highest BCUT2D eigenvalue weighted by molar-refractivity contribution is 9.10. The molecule has 1 aromatic carbocycles. The smallest absolute Gasteiger partial charge is 0.289 e. The Balaban J connectivity index is 1.52. The fourth-order valence-electron chi connectivity index (χ4n) is 3.48. The van der Waals surface area contributed by atoms with Gasteiger partial charge < -0.3 is 19.4 Å². The van der Waals surface area contributed by atoms with Gasteiger partial charge >= 0.3 is 0 Å². The van der Waals surface area contributed by atoms with E-state index in [2.05, 4.69) is 21.2 Å². The van der Waals surface area contributed by atoms with Crippen molar-refractivity contribution in [3.8, 4) is 5.75 Å². The first-order valence-corrected chi connectivity index (χ1v) is 11.6. The molecule has 0 saturated carbocycles. The van der Waals surface area contributed by atoms with Gasteiger partial charge in [-0.15, -0.1) is 0 Å². The molecule has 1 fully saturated rings. The van der Waals surface area contributed by atoms with Gasteiger partial charge in [-0.25, -0.2) is 8.42 Å². The molecule has 1 unspecified atom stereocenters. The summed E-state index contributed by atoms with van der Waals surface area (Å²) in [6.45, 7) is 4.11. The largest absolute Gasteiger partial charge is 0.479 e. The zero-order valence-corrected chi connectivity index (χ0v) is 18.7. The molecular weight excluding hydrogens is 478 g/mol. The number of benzene rings is 1. The Morgan fingerprint density at radius 2 is 1.90 bits per heavy atom. The molecular formula is C19H20BrN3O6S. The molecule has 1 aromatic heterocycles. The number of amides is 2. The van der Waals surface area contributed by atoms with Crippen LogP contribution in [0, 0.1) is 6.92 Å². The Morgan fingerprint density at radius 3 is 2.53 bits per heavy atom. The summed E-state index contributed by atoms with van der Waals surface area (Å²) in [4.78, 5) is 26.0. The number of nitrogens with zero attached hydrogens (tertiary/aromatic N) is 2. The average molecular weight is 498 g/mol. The van der Waals surface area contributed by atoms with Gasteiger partial charge in [-0.3, -0.25) is 9.59 Å². The van der Waals surface area contributed by atoms with Crippen LogP contribution in [0.5, 0.6) is 5.75 Å². The number of hydrogen-bond acceptors (Lipinski definition) is 6. The van der Waals surface area contributed by atoms with E-state index in [0.29, 0.717) is 21.7 Å². The van der Waals surface area contributed by atoms with E-state index in [1.165, 1.54) is 10.4 Å². The van der Waals surface area contributed by atoms with Crippen molar-refractivity contribution < 1.29 is 27.2 Å². The first kappa shape index (κ1) is 20.9. The molecule has 0 aliphatic carbocycles. The number of piperazine rings is 1. The molecule has 30 heavy (non-hydrogen) atoms. The summed E-state index contributed by atoms with van der Waals surface area (Å²) < 4.78 is 39.2. The van der Waals surface area contributed by atoms with E-state index in [0.717, 1.165) is 0 Å². The second-order valence-corrected chi connectivity index (χ2v) is 9.85. The molecule has 4 rings (SSSR count). The van der Waals surface area contributed by atoms with E-state index in [-0.39, 0.29) is 48.6 Å². The highest BCUT2D eigenvalue weighted by Crippen LogP contribution is 2.35. The Bertz CT molecular complexity index is 1120. The summed E-state index contributed by atoms with van der Waals surface area (Å²) in [7, 11) is -3.80. The third-order valence-electron chi connectivity index (χ3n) is 5.14. The number of aryl methyl sites for hydroxylation is 1. The number of fused-ring (bicyclic) bond motifs is 1. The van der Waals surface area contributed by atoms with Crippen molar-refractivity contribution in [2.75, 3.05) is 31.5 Å². The molecule has 1 saturated heterocycles. The summed E-state index contributed by atoms with van der Waals surface area (Å²) in [5, 5.41) is 2.72. The van der Waals surface area contributed by atoms with Crippen LogP contribution in [0.4, 0.5) is 5.69 Å². The molecule has 1 N–H and O–H groups in total. The molecule has 11 heteroatoms. The number of nitrogens with one attached hydrogen (secondary N) is 1. The summed E-state index contributed by atoms with van der Waals surface area (Å²) in [6, 6.07) is 6.26. The van der Waals surface area contributed by atoms with Crippen LogP contribution in [0.25, 0.3) is 0 Å². The highest BCUT2D eigenvalue weighted by Gasteiger charge is 2.34. The van der Waals surface area contributed by atoms with Gasteiger partial charge in [0.2, 0.25) is 10.0 Å². The lowest BCUT2D eigenvalue weighted by Crippen LogP contribution is -2.50. The summed E-state index contributed by atoms with van der Waals surface area (Å²) in [6.07, 6.45) is -0.702. The van der Waals surface area contributed by atoms with Gasteiger partial charge in [0.25, 0.3) is 11.8 Å². The van der Waals surface area contributed by atoms with Crippen molar-refractivity contribution in [3.63, 3.8) is 0 Å². The lowest BCUT2D eigenvalue weighted by Gasteiger charge is -2.34. The zero-order valence-electron chi connectivity index (χ0n) is 16.3. The van der Waals surface area contributed by atoms with Crippen LogP contribution < -0.4 is 10.1 Å². The fraction of sp³-hybridized carbons (Fsp3) is 0.368. The second-order valence-electron chi connectivity index (χ2n) is 7.16. The first-order valence-electron chi connectivity index (χ1n) is 9.34. The van der Waals surface area contributed by atoms with Crippen LogP contribution in [-0.2, 0) is 14.8 Å². The van der Waals surface area contributed by atoms with Crippen LogP contribution in [0.2, 0.25) is 0 Å². The predicted molar refractivity (Wildman–Crippen MR) is 111 cm³/mol. The van der Waals surface area contributed by atoms with Crippen LogP contribution in [0.1, 0.15) is 23.0 Å². The van der Waals surface area contributed by atoms with Gasteiger partial charge in [0, 0.05) is 32.2 Å². The summed E-state index contributed by atoms with van der Waals surface area (Å²) in [5.74, 6) is -0.0248. The SMILES string of the molecule is Cc1cc2c(cc1S(=O)(=O)N1CCN(C(=O)c3ccc(Br)o3)CC1)OC(C)C(=O)N2. The van der Waals surface area contributed by atoms with Crippen molar-refractivity contribution in [3.05, 3.63) is 40.3 Å². The van der Waals surface area contributed by atoms with Crippen LogP contribution >= 0.6 is 15.9 Å². The quantitative estimate of drug-likeness (QED) is 0.696. The molecule has 0 radical (unpaired) electrons. The number of carbonyl (C=O) groups is 2. The number of hydrogen-bond donors (Lipinski definition) is 1. The molecule has 160 valence electrons. The molecule has 1 atom stereocenters. The van der Waals surface area contributed by atoms with E-state index in [9.17, 15) is 18.0 Å². The minimum absolute atomic E-state index is 0.124. The number of rotatable bonds is 3. The highest BCUT2D eigenvalue weighted by atomic mass is 79.9. The molecule has 9 nitrogen and oxygen atoms in total. The Labute approximate surface area is 182 Å². The van der Waals surface area contributed by atoms with Gasteiger partial charge in [-0.05, 0) is 53.5 Å². The lowest BCUT2D eigenvalue weighted by molar-refractivity contribution is -0.122. The standard InChI is InChI=1S/C19H20BrN3O6S/c1-11-9-13-15(28-12(2)18(24)21-13)10-16(11)30(26,27)23-7-5-22(6-8-23)19(25)14-3-4-17(20)29-14/h3-4,9-10,12H,5-8H2,1-2H3,(H,21,24). The van der Waals surface area contributed by atoms with Crippen LogP contribution in [0.3, 0.4) is 0 Å². The van der Waals surface area contributed by atoms with E-state index in [1.54, 1.807) is 36.9 Å². The number of halogens is 1. The molecule has 2 aliphatic rings. The Morgan fingerprint density at radius 1 is 1.20 bits per heavy atom. The fourth-order valence-corrected chi connectivity index (χ4v) is 5.43. The predicted octanol–water partition coefficient (Wildman–Crippen LogP) is 2.22. The van der Waals surface area contributed by atoms with Crippen molar-refractivity contribution in [2.45, 2.75) is 24.8 Å². The minimum Gasteiger partial charge on any atom is -0.479 e. The maximum Gasteiger partial charge on any atom is 0.289 e. The molecule has 2 aromatic rings. The van der Waals surface area contributed by atoms with Gasteiger partial charge in [0.05, 0.1) is 10.6 Å². The maximum atomic E-state index is 13.2. The van der Waals surface area contributed by atoms with E-state index in [4.69, 9.17) is 9.15 Å². The molecule has 3 heterocycles. The number of anilines is 1. The van der Waals surface area contributed by atoms with Gasteiger partial charge in [-0.1, -0.05) is 0 Å². The zero-order chi connectivity index (χ0) is 21.6. The van der Waals surface area contributed by atoms with E-state index < -0.39 is 16.1 Å². The molecule has 2 amide bonds. The monoisotopic (exact) mass is 497 g/mol. The van der Waals surface area contributed by atoms with Crippen molar-refractivity contribution in [2.24, 2.45) is 0 Å². The van der Waals surface area contributed by atoms with Gasteiger partial charge in [-0.2, -0.15) is 4.31 Å². The Hall–Kier alpha value is -2.37. The topological polar surface area (TPSA) is 109 Å². The van der Waals surface area contributed by atoms with E-state index >= 15 is 0 Å². The van der Waals surface area contributed by atoms with Crippen LogP contribution in [0.15, 0.2) is 38.2 Å².